The van der Waals surface area contributed by atoms with Crippen molar-refractivity contribution >= 4 is 5.71 Å². The van der Waals surface area contributed by atoms with Crippen LogP contribution >= 0.6 is 0 Å². The van der Waals surface area contributed by atoms with Crippen LogP contribution in [0.3, 0.4) is 0 Å². The topological polar surface area (TPSA) is 15.0 Å². The second kappa shape index (κ2) is 9.95. The molecule has 0 aromatic rings. The fourth-order valence-electron chi connectivity index (χ4n) is 3.55. The molecule has 23 heavy (non-hydrogen) atoms. The number of allylic oxidation sites excluding steroid dienone is 3. The minimum Gasteiger partial charge on any atom is -0.389 e. The summed E-state index contributed by atoms with van der Waals surface area (Å²) in [5, 5.41) is 3.48. The summed E-state index contributed by atoms with van der Waals surface area (Å²) in [6.45, 7) is 16.7. The van der Waals surface area contributed by atoms with Gasteiger partial charge in [-0.15, -0.1) is 0 Å². The number of rotatable bonds is 9. The van der Waals surface area contributed by atoms with Gasteiger partial charge in [0.05, 0.1) is 0 Å². The maximum atomic E-state index is 4.31. The first-order valence-corrected chi connectivity index (χ1v) is 9.55. The van der Waals surface area contributed by atoms with Crippen LogP contribution in [0, 0.1) is 17.8 Å². The largest absolute Gasteiger partial charge is 0.389 e. The molecule has 1 rings (SSSR count). The molecular formula is C21H39N2+. The predicted octanol–water partition coefficient (Wildman–Crippen LogP) is 5.36. The molecule has 0 radical (unpaired) electrons. The van der Waals surface area contributed by atoms with E-state index in [9.17, 15) is 0 Å². The molecule has 0 spiro atoms. The molecule has 2 nitrogen and oxygen atoms in total. The summed E-state index contributed by atoms with van der Waals surface area (Å²) in [4.78, 5) is 0. The summed E-state index contributed by atoms with van der Waals surface area (Å²) in [5.41, 5.74) is 4.28. The van der Waals surface area contributed by atoms with Crippen molar-refractivity contribution in [2.45, 2.75) is 73.1 Å². The third-order valence-electron chi connectivity index (χ3n) is 4.95. The van der Waals surface area contributed by atoms with Crippen molar-refractivity contribution in [3.05, 3.63) is 24.0 Å². The van der Waals surface area contributed by atoms with Crippen molar-refractivity contribution < 1.29 is 4.58 Å². The first-order chi connectivity index (χ1) is 10.8. The lowest BCUT2D eigenvalue weighted by atomic mass is 9.86. The van der Waals surface area contributed by atoms with E-state index in [4.69, 9.17) is 0 Å². The molecule has 1 aliphatic carbocycles. The molecule has 0 saturated carbocycles. The fourth-order valence-corrected chi connectivity index (χ4v) is 3.55. The molecule has 0 saturated heterocycles. The first kappa shape index (κ1) is 20.0. The smallest absolute Gasteiger partial charge is 0.174 e. The van der Waals surface area contributed by atoms with Gasteiger partial charge in [-0.3, -0.25) is 0 Å². The van der Waals surface area contributed by atoms with Gasteiger partial charge in [0.1, 0.15) is 7.05 Å². The predicted molar refractivity (Wildman–Crippen MR) is 103 cm³/mol. The average molecular weight is 320 g/mol. The summed E-state index contributed by atoms with van der Waals surface area (Å²) in [7, 11) is 2.21. The van der Waals surface area contributed by atoms with Crippen molar-refractivity contribution in [2.24, 2.45) is 17.8 Å². The van der Waals surface area contributed by atoms with Gasteiger partial charge in [0, 0.05) is 31.0 Å². The minimum atomic E-state index is 0.598. The Labute approximate surface area is 144 Å². The zero-order valence-electron chi connectivity index (χ0n) is 16.4. The lowest BCUT2D eigenvalue weighted by molar-refractivity contribution is -0.450. The molecule has 1 unspecified atom stereocenters. The van der Waals surface area contributed by atoms with Crippen molar-refractivity contribution in [1.29, 1.82) is 0 Å². The highest BCUT2D eigenvalue weighted by Crippen LogP contribution is 2.27. The molecule has 0 amide bonds. The van der Waals surface area contributed by atoms with E-state index in [1.165, 1.54) is 43.5 Å². The van der Waals surface area contributed by atoms with Crippen molar-refractivity contribution in [2.75, 3.05) is 13.6 Å². The molecular weight excluding hydrogens is 280 g/mol. The van der Waals surface area contributed by atoms with Crippen molar-refractivity contribution in [1.82, 2.24) is 5.32 Å². The Balaban J connectivity index is 2.62. The van der Waals surface area contributed by atoms with E-state index in [0.717, 1.165) is 18.9 Å². The van der Waals surface area contributed by atoms with E-state index in [2.05, 4.69) is 64.2 Å². The van der Waals surface area contributed by atoms with Gasteiger partial charge in [0.15, 0.2) is 11.4 Å². The zero-order valence-corrected chi connectivity index (χ0v) is 16.4. The maximum absolute atomic E-state index is 4.31. The summed E-state index contributed by atoms with van der Waals surface area (Å²) in [5.74, 6) is 2.12. The third-order valence-corrected chi connectivity index (χ3v) is 4.95. The number of hydrogen-bond donors (Lipinski definition) is 1. The highest BCUT2D eigenvalue weighted by Gasteiger charge is 2.22. The van der Waals surface area contributed by atoms with Crippen LogP contribution in [-0.2, 0) is 0 Å². The quantitative estimate of drug-likeness (QED) is 0.446. The van der Waals surface area contributed by atoms with Crippen LogP contribution in [0.2, 0.25) is 0 Å². The summed E-state index contributed by atoms with van der Waals surface area (Å²) < 4.78 is 2.38. The standard InChI is InChI=1S/C21H39N2/c1-8-22-20-12-9-19(10-13-20)11-14-21(17(4)5)23(7)18(6)15-16(2)3/h12,16-17,19,22H,6,8-11,13-15H2,1-5,7H3/q+1. The second-order valence-electron chi connectivity index (χ2n) is 7.81. The van der Waals surface area contributed by atoms with Crippen LogP contribution in [0.5, 0.6) is 0 Å². The zero-order chi connectivity index (χ0) is 17.4. The van der Waals surface area contributed by atoms with Crippen LogP contribution in [0.1, 0.15) is 73.1 Å². The first-order valence-electron chi connectivity index (χ1n) is 9.55. The van der Waals surface area contributed by atoms with E-state index < -0.39 is 0 Å². The van der Waals surface area contributed by atoms with Crippen LogP contribution in [-0.4, -0.2) is 23.9 Å². The minimum absolute atomic E-state index is 0.598. The number of nitrogens with one attached hydrogen (secondary N) is 1. The molecule has 0 aromatic carbocycles. The van der Waals surface area contributed by atoms with Crippen molar-refractivity contribution in [3.8, 4) is 0 Å². The average Bonchev–Trinajstić information content (AvgIpc) is 2.48. The molecule has 1 atom stereocenters. The molecule has 1 aliphatic rings. The van der Waals surface area contributed by atoms with Crippen molar-refractivity contribution in [3.63, 3.8) is 0 Å². The van der Waals surface area contributed by atoms with Gasteiger partial charge in [0.25, 0.3) is 0 Å². The van der Waals surface area contributed by atoms with Crippen LogP contribution in [0.15, 0.2) is 24.0 Å². The number of nitrogens with zero attached hydrogens (tertiary/aromatic N) is 1. The van der Waals surface area contributed by atoms with Crippen LogP contribution < -0.4 is 5.32 Å². The fraction of sp³-hybridized carbons (Fsp3) is 0.762. The van der Waals surface area contributed by atoms with Gasteiger partial charge >= 0.3 is 0 Å². The van der Waals surface area contributed by atoms with E-state index in [1.54, 1.807) is 5.71 Å². The van der Waals surface area contributed by atoms with Gasteiger partial charge in [-0.2, -0.15) is 0 Å². The van der Waals surface area contributed by atoms with Gasteiger partial charge < -0.3 is 5.32 Å². The van der Waals surface area contributed by atoms with E-state index in [1.807, 2.05) is 0 Å². The molecule has 0 aliphatic heterocycles. The van der Waals surface area contributed by atoms with Gasteiger partial charge in [0.2, 0.25) is 0 Å². The van der Waals surface area contributed by atoms with Gasteiger partial charge in [-0.25, -0.2) is 4.58 Å². The SMILES string of the molecule is C=C(CC(C)C)[N+](C)=C(CCC1CC=C(NCC)CC1)C(C)C. The molecule has 0 bridgehead atoms. The lowest BCUT2D eigenvalue weighted by Gasteiger charge is -2.23. The molecule has 132 valence electrons. The third kappa shape index (κ3) is 6.93. The highest BCUT2D eigenvalue weighted by molar-refractivity contribution is 5.81. The molecule has 0 fully saturated rings. The summed E-state index contributed by atoms with van der Waals surface area (Å²) in [6.07, 6.45) is 9.83. The summed E-state index contributed by atoms with van der Waals surface area (Å²) >= 11 is 0. The highest BCUT2D eigenvalue weighted by atomic mass is 15.0. The van der Waals surface area contributed by atoms with E-state index in [-0.39, 0.29) is 0 Å². The Hall–Kier alpha value is -1.05. The maximum Gasteiger partial charge on any atom is 0.174 e. The monoisotopic (exact) mass is 319 g/mol. The Bertz CT molecular complexity index is 441. The second-order valence-corrected chi connectivity index (χ2v) is 7.81. The molecule has 1 N–H and O–H groups in total. The molecule has 0 aromatic heterocycles. The number of hydrogen-bond acceptors (Lipinski definition) is 1. The van der Waals surface area contributed by atoms with E-state index in [0.29, 0.717) is 11.8 Å². The van der Waals surface area contributed by atoms with Crippen LogP contribution in [0.4, 0.5) is 0 Å². The molecule has 0 heterocycles. The lowest BCUT2D eigenvalue weighted by Crippen LogP contribution is -2.24. The normalized spacial score (nSPS) is 19.7. The Kier molecular flexibility index (Phi) is 8.65. The van der Waals surface area contributed by atoms with Crippen LogP contribution in [0.25, 0.3) is 0 Å². The molecule has 2 heteroatoms. The summed E-state index contributed by atoms with van der Waals surface area (Å²) in [6, 6.07) is 0. The van der Waals surface area contributed by atoms with Gasteiger partial charge in [-0.05, 0) is 51.0 Å². The Morgan fingerprint density at radius 3 is 2.52 bits per heavy atom. The van der Waals surface area contributed by atoms with Gasteiger partial charge in [-0.1, -0.05) is 33.8 Å². The van der Waals surface area contributed by atoms with E-state index >= 15 is 0 Å². The Morgan fingerprint density at radius 2 is 2.04 bits per heavy atom. The Morgan fingerprint density at radius 1 is 1.35 bits per heavy atom.